The lowest BCUT2D eigenvalue weighted by atomic mass is 10.1. The first-order valence-electron chi connectivity index (χ1n) is 4.55. The molecule has 1 atom stereocenters. The van der Waals surface area contributed by atoms with Gasteiger partial charge in [-0.1, -0.05) is 6.07 Å². The van der Waals surface area contributed by atoms with Crippen molar-refractivity contribution in [2.75, 3.05) is 0 Å². The van der Waals surface area contributed by atoms with Gasteiger partial charge in [-0.3, -0.25) is 5.10 Å². The first-order valence-corrected chi connectivity index (χ1v) is 5.34. The van der Waals surface area contributed by atoms with Gasteiger partial charge in [0.15, 0.2) is 0 Å². The van der Waals surface area contributed by atoms with Gasteiger partial charge in [0.05, 0.1) is 5.52 Å². The number of aromatic amines is 1. The summed E-state index contributed by atoms with van der Waals surface area (Å²) >= 11 is 3.40. The van der Waals surface area contributed by atoms with Crippen molar-refractivity contribution >= 4 is 26.8 Å². The van der Waals surface area contributed by atoms with E-state index in [2.05, 4.69) is 44.3 Å². The molecule has 0 aliphatic carbocycles. The van der Waals surface area contributed by atoms with Crippen molar-refractivity contribution in [1.29, 1.82) is 0 Å². The summed E-state index contributed by atoms with van der Waals surface area (Å²) in [6.07, 6.45) is 0.889. The van der Waals surface area contributed by atoms with E-state index in [1.807, 2.05) is 6.92 Å². The normalized spacial score (nSPS) is 13.4. The molecule has 3 nitrogen and oxygen atoms in total. The second-order valence-electron chi connectivity index (χ2n) is 3.57. The number of nitrogens with two attached hydrogens (primary N) is 1. The van der Waals surface area contributed by atoms with Gasteiger partial charge in [-0.2, -0.15) is 5.10 Å². The Kier molecular flexibility index (Phi) is 2.56. The van der Waals surface area contributed by atoms with Crippen LogP contribution in [0.1, 0.15) is 12.5 Å². The van der Waals surface area contributed by atoms with Gasteiger partial charge in [0.25, 0.3) is 0 Å². The number of halogens is 1. The van der Waals surface area contributed by atoms with Gasteiger partial charge < -0.3 is 5.73 Å². The molecule has 74 valence electrons. The van der Waals surface area contributed by atoms with Crippen LogP contribution in [0.4, 0.5) is 0 Å². The zero-order valence-electron chi connectivity index (χ0n) is 7.92. The van der Waals surface area contributed by atoms with Crippen molar-refractivity contribution < 1.29 is 0 Å². The van der Waals surface area contributed by atoms with E-state index in [1.165, 1.54) is 5.56 Å². The van der Waals surface area contributed by atoms with E-state index in [1.54, 1.807) is 0 Å². The molecule has 0 fully saturated rings. The molecule has 0 bridgehead atoms. The summed E-state index contributed by atoms with van der Waals surface area (Å²) in [7, 11) is 0. The fourth-order valence-electron chi connectivity index (χ4n) is 1.52. The fraction of sp³-hybridized carbons (Fsp3) is 0.300. The summed E-state index contributed by atoms with van der Waals surface area (Å²) in [6, 6.07) is 6.40. The van der Waals surface area contributed by atoms with Crippen molar-refractivity contribution in [1.82, 2.24) is 10.2 Å². The van der Waals surface area contributed by atoms with Crippen molar-refractivity contribution in [3.63, 3.8) is 0 Å². The van der Waals surface area contributed by atoms with Crippen molar-refractivity contribution in [2.24, 2.45) is 5.73 Å². The van der Waals surface area contributed by atoms with Gasteiger partial charge in [0.2, 0.25) is 0 Å². The average molecular weight is 254 g/mol. The molecule has 1 aromatic heterocycles. The highest BCUT2D eigenvalue weighted by atomic mass is 79.9. The number of nitrogens with zero attached hydrogens (tertiary/aromatic N) is 1. The van der Waals surface area contributed by atoms with Crippen LogP contribution in [0.15, 0.2) is 22.8 Å². The lowest BCUT2D eigenvalue weighted by Crippen LogP contribution is -2.17. The molecular weight excluding hydrogens is 242 g/mol. The molecule has 1 unspecified atom stereocenters. The van der Waals surface area contributed by atoms with Crippen LogP contribution in [0.3, 0.4) is 0 Å². The first kappa shape index (κ1) is 9.68. The molecule has 0 saturated carbocycles. The number of H-pyrrole nitrogens is 1. The maximum Gasteiger partial charge on any atom is 0.108 e. The molecule has 0 aliphatic heterocycles. The largest absolute Gasteiger partial charge is 0.328 e. The van der Waals surface area contributed by atoms with Crippen molar-refractivity contribution in [3.8, 4) is 0 Å². The summed E-state index contributed by atoms with van der Waals surface area (Å²) in [6.45, 7) is 2.00. The summed E-state index contributed by atoms with van der Waals surface area (Å²) in [5, 5.41) is 8.18. The first-order chi connectivity index (χ1) is 6.66. The Morgan fingerprint density at radius 1 is 1.57 bits per heavy atom. The summed E-state index contributed by atoms with van der Waals surface area (Å²) in [5.41, 5.74) is 7.95. The van der Waals surface area contributed by atoms with Crippen LogP contribution in [0.25, 0.3) is 10.9 Å². The molecule has 2 rings (SSSR count). The topological polar surface area (TPSA) is 54.7 Å². The molecule has 3 N–H and O–H groups in total. The lowest BCUT2D eigenvalue weighted by Gasteiger charge is -2.04. The lowest BCUT2D eigenvalue weighted by molar-refractivity contribution is 0.738. The highest BCUT2D eigenvalue weighted by molar-refractivity contribution is 9.10. The van der Waals surface area contributed by atoms with Gasteiger partial charge in [-0.05, 0) is 47.0 Å². The number of rotatable bonds is 2. The van der Waals surface area contributed by atoms with E-state index in [4.69, 9.17) is 5.73 Å². The van der Waals surface area contributed by atoms with Crippen LogP contribution >= 0.6 is 15.9 Å². The molecule has 2 aromatic rings. The minimum absolute atomic E-state index is 0.190. The second kappa shape index (κ2) is 3.71. The van der Waals surface area contributed by atoms with Gasteiger partial charge in [-0.15, -0.1) is 0 Å². The van der Waals surface area contributed by atoms with Crippen LogP contribution in [0.2, 0.25) is 0 Å². The molecule has 4 heteroatoms. The standard InChI is InChI=1S/C10H12BrN3/c1-6(12)4-7-2-3-8-9(5-7)13-14-10(8)11/h2-3,5-6H,4,12H2,1H3,(H,13,14). The molecule has 0 spiro atoms. The Labute approximate surface area is 90.8 Å². The predicted molar refractivity (Wildman–Crippen MR) is 61.1 cm³/mol. The van der Waals surface area contributed by atoms with Gasteiger partial charge in [0.1, 0.15) is 4.60 Å². The third kappa shape index (κ3) is 1.81. The zero-order valence-corrected chi connectivity index (χ0v) is 9.51. The van der Waals surface area contributed by atoms with E-state index >= 15 is 0 Å². The number of fused-ring (bicyclic) bond motifs is 1. The molecule has 1 heterocycles. The van der Waals surface area contributed by atoms with E-state index in [0.29, 0.717) is 0 Å². The summed E-state index contributed by atoms with van der Waals surface area (Å²) in [5.74, 6) is 0. The number of hydrogen-bond acceptors (Lipinski definition) is 2. The third-order valence-corrected chi connectivity index (χ3v) is 2.74. The highest BCUT2D eigenvalue weighted by Gasteiger charge is 2.04. The second-order valence-corrected chi connectivity index (χ2v) is 4.36. The summed E-state index contributed by atoms with van der Waals surface area (Å²) < 4.78 is 0.930. The van der Waals surface area contributed by atoms with Crippen LogP contribution in [0.5, 0.6) is 0 Å². The monoisotopic (exact) mass is 253 g/mol. The number of nitrogens with one attached hydrogen (secondary N) is 1. The maximum absolute atomic E-state index is 5.74. The predicted octanol–water partition coefficient (Wildman–Crippen LogP) is 2.22. The Morgan fingerprint density at radius 2 is 2.36 bits per heavy atom. The Hall–Kier alpha value is -0.870. The smallest absolute Gasteiger partial charge is 0.108 e. The molecular formula is C10H12BrN3. The minimum atomic E-state index is 0.190. The van der Waals surface area contributed by atoms with Gasteiger partial charge in [0, 0.05) is 11.4 Å². The number of aromatic nitrogens is 2. The fourth-order valence-corrected chi connectivity index (χ4v) is 1.95. The molecule has 1 aromatic carbocycles. The van der Waals surface area contributed by atoms with E-state index < -0.39 is 0 Å². The highest BCUT2D eigenvalue weighted by Crippen LogP contribution is 2.21. The van der Waals surface area contributed by atoms with Gasteiger partial charge in [-0.25, -0.2) is 0 Å². The van der Waals surface area contributed by atoms with Crippen molar-refractivity contribution in [3.05, 3.63) is 28.4 Å². The SMILES string of the molecule is CC(N)Cc1ccc2c(Br)[nH]nc2c1. The molecule has 0 aliphatic rings. The Balaban J connectivity index is 2.42. The third-order valence-electron chi connectivity index (χ3n) is 2.13. The van der Waals surface area contributed by atoms with Crippen LogP contribution < -0.4 is 5.73 Å². The molecule has 0 radical (unpaired) electrons. The Morgan fingerprint density at radius 3 is 3.07 bits per heavy atom. The van der Waals surface area contributed by atoms with Crippen molar-refractivity contribution in [2.45, 2.75) is 19.4 Å². The zero-order chi connectivity index (χ0) is 10.1. The minimum Gasteiger partial charge on any atom is -0.328 e. The van der Waals surface area contributed by atoms with Crippen LogP contribution in [-0.2, 0) is 6.42 Å². The molecule has 14 heavy (non-hydrogen) atoms. The quantitative estimate of drug-likeness (QED) is 0.863. The maximum atomic E-state index is 5.74. The van der Waals surface area contributed by atoms with E-state index in [0.717, 1.165) is 21.9 Å². The van der Waals surface area contributed by atoms with E-state index in [-0.39, 0.29) is 6.04 Å². The number of hydrogen-bond donors (Lipinski definition) is 2. The number of benzene rings is 1. The molecule has 0 amide bonds. The van der Waals surface area contributed by atoms with Crippen LogP contribution in [0, 0.1) is 0 Å². The van der Waals surface area contributed by atoms with E-state index in [9.17, 15) is 0 Å². The van der Waals surface area contributed by atoms with Gasteiger partial charge >= 0.3 is 0 Å². The summed E-state index contributed by atoms with van der Waals surface area (Å²) in [4.78, 5) is 0. The Bertz CT molecular complexity index is 448. The molecule has 0 saturated heterocycles. The average Bonchev–Trinajstić information content (AvgIpc) is 2.46. The van der Waals surface area contributed by atoms with Crippen LogP contribution in [-0.4, -0.2) is 16.2 Å².